The van der Waals surface area contributed by atoms with Crippen molar-refractivity contribution in [3.63, 3.8) is 0 Å². The van der Waals surface area contributed by atoms with Gasteiger partial charge in [-0.15, -0.1) is 0 Å². The second-order valence-electron chi connectivity index (χ2n) is 4.00. The lowest BCUT2D eigenvalue weighted by Crippen LogP contribution is -2.39. The van der Waals surface area contributed by atoms with Gasteiger partial charge in [0.15, 0.2) is 0 Å². The Morgan fingerprint density at radius 3 is 2.65 bits per heavy atom. The molecule has 0 spiro atoms. The maximum Gasteiger partial charge on any atom is 0.321 e. The van der Waals surface area contributed by atoms with Crippen molar-refractivity contribution >= 4 is 17.9 Å². The molecule has 0 aromatic heterocycles. The van der Waals surface area contributed by atoms with Gasteiger partial charge in [0.2, 0.25) is 5.91 Å². The number of hydrogen-bond acceptors (Lipinski definition) is 4. The molecule has 0 radical (unpaired) electrons. The first kappa shape index (κ1) is 13.4. The number of carboxylic acids is 1. The number of imide groups is 1. The lowest BCUT2D eigenvalue weighted by Gasteiger charge is -2.14. The molecule has 0 aliphatic carbocycles. The van der Waals surface area contributed by atoms with E-state index in [-0.39, 0.29) is 18.2 Å². The standard InChI is InChI=1S/C10H17N3O4/c1-11-10(17)12-8(14)3-5-13-4-2-7(6-13)9(15)16/h7H,2-6H2,1H3,(H,15,16)(H2,11,12,14,17). The molecule has 96 valence electrons. The topological polar surface area (TPSA) is 98.7 Å². The van der Waals surface area contributed by atoms with Crippen LogP contribution in [0.2, 0.25) is 0 Å². The SMILES string of the molecule is CNC(=O)NC(=O)CCN1CCC(C(=O)O)C1. The van der Waals surface area contributed by atoms with Crippen molar-refractivity contribution in [3.05, 3.63) is 0 Å². The predicted octanol–water partition coefficient (Wildman–Crippen LogP) is -0.761. The molecular formula is C10H17N3O4. The highest BCUT2D eigenvalue weighted by atomic mass is 16.4. The molecule has 3 N–H and O–H groups in total. The predicted molar refractivity (Wildman–Crippen MR) is 59.4 cm³/mol. The molecule has 1 atom stereocenters. The van der Waals surface area contributed by atoms with Crippen molar-refractivity contribution < 1.29 is 19.5 Å². The van der Waals surface area contributed by atoms with Crippen molar-refractivity contribution in [1.29, 1.82) is 0 Å². The summed E-state index contributed by atoms with van der Waals surface area (Å²) in [5.41, 5.74) is 0. The zero-order chi connectivity index (χ0) is 12.8. The largest absolute Gasteiger partial charge is 0.481 e. The van der Waals surface area contributed by atoms with Crippen LogP contribution in [-0.2, 0) is 9.59 Å². The molecule has 7 nitrogen and oxygen atoms in total. The summed E-state index contributed by atoms with van der Waals surface area (Å²) in [7, 11) is 1.43. The van der Waals surface area contributed by atoms with Crippen molar-refractivity contribution in [3.8, 4) is 0 Å². The van der Waals surface area contributed by atoms with Gasteiger partial charge in [0.25, 0.3) is 0 Å². The maximum absolute atomic E-state index is 11.3. The van der Waals surface area contributed by atoms with Gasteiger partial charge in [-0.25, -0.2) is 4.79 Å². The normalized spacial score (nSPS) is 19.9. The van der Waals surface area contributed by atoms with E-state index in [4.69, 9.17) is 5.11 Å². The first-order chi connectivity index (χ1) is 8.02. The Hall–Kier alpha value is -1.63. The molecular weight excluding hydrogens is 226 g/mol. The van der Waals surface area contributed by atoms with Crippen LogP contribution in [0, 0.1) is 5.92 Å². The zero-order valence-corrected chi connectivity index (χ0v) is 9.73. The summed E-state index contributed by atoms with van der Waals surface area (Å²) in [6.07, 6.45) is 0.812. The van der Waals surface area contributed by atoms with E-state index in [0.29, 0.717) is 26.1 Å². The van der Waals surface area contributed by atoms with Gasteiger partial charge in [0.1, 0.15) is 0 Å². The summed E-state index contributed by atoms with van der Waals surface area (Å²) in [5.74, 6) is -1.48. The van der Waals surface area contributed by atoms with E-state index in [0.717, 1.165) is 0 Å². The number of carbonyl (C=O) groups excluding carboxylic acids is 2. The third kappa shape index (κ3) is 4.39. The van der Waals surface area contributed by atoms with E-state index >= 15 is 0 Å². The van der Waals surface area contributed by atoms with Gasteiger partial charge in [-0.2, -0.15) is 0 Å². The van der Waals surface area contributed by atoms with Gasteiger partial charge in [-0.05, 0) is 13.0 Å². The van der Waals surface area contributed by atoms with Crippen LogP contribution >= 0.6 is 0 Å². The number of rotatable bonds is 4. The highest BCUT2D eigenvalue weighted by molar-refractivity contribution is 5.94. The van der Waals surface area contributed by atoms with Gasteiger partial charge >= 0.3 is 12.0 Å². The fourth-order valence-corrected chi connectivity index (χ4v) is 1.75. The lowest BCUT2D eigenvalue weighted by molar-refractivity contribution is -0.141. The summed E-state index contributed by atoms with van der Waals surface area (Å²) >= 11 is 0. The number of aliphatic carboxylic acids is 1. The molecule has 0 aromatic carbocycles. The number of urea groups is 1. The molecule has 1 aliphatic heterocycles. The Morgan fingerprint density at radius 1 is 1.41 bits per heavy atom. The molecule has 1 unspecified atom stereocenters. The van der Waals surface area contributed by atoms with Crippen molar-refractivity contribution in [2.75, 3.05) is 26.7 Å². The maximum atomic E-state index is 11.3. The summed E-state index contributed by atoms with van der Waals surface area (Å²) < 4.78 is 0. The monoisotopic (exact) mass is 243 g/mol. The van der Waals surface area contributed by atoms with E-state index in [1.807, 2.05) is 4.90 Å². The van der Waals surface area contributed by atoms with Crippen molar-refractivity contribution in [2.24, 2.45) is 5.92 Å². The summed E-state index contributed by atoms with van der Waals surface area (Å²) in [6, 6.07) is -0.528. The van der Waals surface area contributed by atoms with Crippen LogP contribution < -0.4 is 10.6 Å². The summed E-state index contributed by atoms with van der Waals surface area (Å²) in [6.45, 7) is 1.64. The average Bonchev–Trinajstić information content (AvgIpc) is 2.75. The quantitative estimate of drug-likeness (QED) is 0.602. The molecule has 1 rings (SSSR count). The number of nitrogens with zero attached hydrogens (tertiary/aromatic N) is 1. The van der Waals surface area contributed by atoms with Crippen molar-refractivity contribution in [1.82, 2.24) is 15.5 Å². The first-order valence-corrected chi connectivity index (χ1v) is 5.49. The molecule has 17 heavy (non-hydrogen) atoms. The number of amides is 3. The third-order valence-electron chi connectivity index (χ3n) is 2.76. The van der Waals surface area contributed by atoms with E-state index in [1.165, 1.54) is 7.05 Å². The van der Waals surface area contributed by atoms with E-state index in [1.54, 1.807) is 0 Å². The Kier molecular flexibility index (Phi) is 4.89. The summed E-state index contributed by atoms with van der Waals surface area (Å²) in [4.78, 5) is 34.7. The Bertz CT molecular complexity index is 319. The number of hydrogen-bond donors (Lipinski definition) is 3. The minimum atomic E-state index is -0.790. The fraction of sp³-hybridized carbons (Fsp3) is 0.700. The van der Waals surface area contributed by atoms with Gasteiger partial charge in [-0.3, -0.25) is 14.9 Å². The van der Waals surface area contributed by atoms with Crippen LogP contribution in [0.4, 0.5) is 4.79 Å². The third-order valence-corrected chi connectivity index (χ3v) is 2.76. The van der Waals surface area contributed by atoms with Crippen LogP contribution in [0.1, 0.15) is 12.8 Å². The summed E-state index contributed by atoms with van der Waals surface area (Å²) in [5, 5.41) is 13.2. The van der Waals surface area contributed by atoms with Crippen LogP contribution in [0.5, 0.6) is 0 Å². The second-order valence-corrected chi connectivity index (χ2v) is 4.00. The van der Waals surface area contributed by atoms with Gasteiger partial charge in [0, 0.05) is 26.6 Å². The number of carboxylic acid groups (broad SMARTS) is 1. The number of nitrogens with one attached hydrogen (secondary N) is 2. The van der Waals surface area contributed by atoms with Crippen LogP contribution in [-0.4, -0.2) is 54.6 Å². The Labute approximate surface area is 99.2 Å². The van der Waals surface area contributed by atoms with Gasteiger partial charge < -0.3 is 15.3 Å². The smallest absolute Gasteiger partial charge is 0.321 e. The molecule has 1 aliphatic rings. The Balaban J connectivity index is 2.21. The highest BCUT2D eigenvalue weighted by Gasteiger charge is 2.27. The minimum Gasteiger partial charge on any atom is -0.481 e. The molecule has 0 bridgehead atoms. The first-order valence-electron chi connectivity index (χ1n) is 5.49. The zero-order valence-electron chi connectivity index (χ0n) is 9.73. The highest BCUT2D eigenvalue weighted by Crippen LogP contribution is 2.16. The van der Waals surface area contributed by atoms with E-state index in [2.05, 4.69) is 10.6 Å². The molecule has 1 fully saturated rings. The molecule has 7 heteroatoms. The van der Waals surface area contributed by atoms with Gasteiger partial charge in [0.05, 0.1) is 5.92 Å². The fourth-order valence-electron chi connectivity index (χ4n) is 1.75. The van der Waals surface area contributed by atoms with Crippen molar-refractivity contribution in [2.45, 2.75) is 12.8 Å². The van der Waals surface area contributed by atoms with Gasteiger partial charge in [-0.1, -0.05) is 0 Å². The lowest BCUT2D eigenvalue weighted by atomic mass is 10.1. The number of carbonyl (C=O) groups is 3. The molecule has 3 amide bonds. The molecule has 1 heterocycles. The molecule has 0 saturated carbocycles. The van der Waals surface area contributed by atoms with E-state index in [9.17, 15) is 14.4 Å². The Morgan fingerprint density at radius 2 is 2.12 bits per heavy atom. The minimum absolute atomic E-state index is 0.194. The van der Waals surface area contributed by atoms with Crippen LogP contribution in [0.15, 0.2) is 0 Å². The second kappa shape index (κ2) is 6.19. The van der Waals surface area contributed by atoms with Crippen LogP contribution in [0.3, 0.4) is 0 Å². The van der Waals surface area contributed by atoms with E-state index < -0.39 is 12.0 Å². The average molecular weight is 243 g/mol. The molecule has 1 saturated heterocycles. The molecule has 0 aromatic rings. The number of likely N-dealkylation sites (tertiary alicyclic amines) is 1. The van der Waals surface area contributed by atoms with Crippen LogP contribution in [0.25, 0.3) is 0 Å².